The van der Waals surface area contributed by atoms with Crippen LogP contribution >= 0.6 is 27.5 Å². The topological polar surface area (TPSA) is 106 Å². The van der Waals surface area contributed by atoms with E-state index in [4.69, 9.17) is 11.6 Å². The molecule has 0 bridgehead atoms. The Balaban J connectivity index is 2.03. The van der Waals surface area contributed by atoms with Gasteiger partial charge in [0.2, 0.25) is 0 Å². The van der Waals surface area contributed by atoms with E-state index >= 15 is 0 Å². The smallest absolute Gasteiger partial charge is 0.270 e. The zero-order valence-electron chi connectivity index (χ0n) is 15.9. The molecule has 0 aliphatic heterocycles. The predicted molar refractivity (Wildman–Crippen MR) is 119 cm³/mol. The van der Waals surface area contributed by atoms with Gasteiger partial charge in [-0.05, 0) is 28.1 Å². The molecule has 0 unspecified atom stereocenters. The molecule has 3 aromatic carbocycles. The van der Waals surface area contributed by atoms with Crippen molar-refractivity contribution in [2.75, 3.05) is 12.4 Å². The van der Waals surface area contributed by atoms with Gasteiger partial charge in [0.15, 0.2) is 17.3 Å². The van der Waals surface area contributed by atoms with E-state index in [1.165, 1.54) is 24.3 Å². The number of benzene rings is 3. The van der Waals surface area contributed by atoms with E-state index in [1.54, 1.807) is 25.2 Å². The van der Waals surface area contributed by atoms with Gasteiger partial charge < -0.3 is 5.32 Å². The van der Waals surface area contributed by atoms with Crippen LogP contribution in [0.3, 0.4) is 0 Å². The number of hydrogen-bond acceptors (Lipinski definition) is 6. The molecule has 0 aromatic heterocycles. The Kier molecular flexibility index (Phi) is 5.20. The van der Waals surface area contributed by atoms with Gasteiger partial charge >= 0.3 is 0 Å². The van der Waals surface area contributed by atoms with Crippen LogP contribution in [0.25, 0.3) is 0 Å². The van der Waals surface area contributed by atoms with Gasteiger partial charge in [-0.3, -0.25) is 24.5 Å². The van der Waals surface area contributed by atoms with Gasteiger partial charge in [0, 0.05) is 52.7 Å². The summed E-state index contributed by atoms with van der Waals surface area (Å²) in [6, 6.07) is 11.3. The van der Waals surface area contributed by atoms with E-state index in [0.717, 1.165) is 6.07 Å². The van der Waals surface area contributed by atoms with E-state index in [2.05, 4.69) is 21.2 Å². The lowest BCUT2D eigenvalue weighted by Gasteiger charge is -2.22. The molecule has 0 atom stereocenters. The Labute approximate surface area is 189 Å². The number of carbonyl (C=O) groups excluding carboxylic acids is 3. The largest absolute Gasteiger partial charge is 0.387 e. The summed E-state index contributed by atoms with van der Waals surface area (Å²) in [5.41, 5.74) is 0.283. The summed E-state index contributed by atoms with van der Waals surface area (Å²) in [6.07, 6.45) is 0. The molecule has 0 heterocycles. The van der Waals surface area contributed by atoms with Gasteiger partial charge in [0.05, 0.1) is 20.0 Å². The molecule has 3 aromatic rings. The molecule has 0 fully saturated rings. The summed E-state index contributed by atoms with van der Waals surface area (Å²) in [5.74, 6) is -1.60. The molecule has 0 radical (unpaired) electrons. The second-order valence-corrected chi connectivity index (χ2v) is 7.94. The van der Waals surface area contributed by atoms with Crippen molar-refractivity contribution in [2.24, 2.45) is 0 Å². The fourth-order valence-corrected chi connectivity index (χ4v) is 4.46. The lowest BCUT2D eigenvalue weighted by atomic mass is 9.80. The number of fused-ring (bicyclic) bond motifs is 2. The summed E-state index contributed by atoms with van der Waals surface area (Å²) >= 11 is 9.53. The maximum absolute atomic E-state index is 13.5. The highest BCUT2D eigenvalue weighted by molar-refractivity contribution is 9.10. The molecule has 31 heavy (non-hydrogen) atoms. The molecule has 0 saturated heterocycles. The third-order valence-electron chi connectivity index (χ3n) is 5.05. The molecule has 0 spiro atoms. The third kappa shape index (κ3) is 3.24. The van der Waals surface area contributed by atoms with E-state index in [-0.39, 0.29) is 48.6 Å². The third-order valence-corrected chi connectivity index (χ3v) is 6.21. The molecular weight excluding hydrogens is 488 g/mol. The van der Waals surface area contributed by atoms with Crippen LogP contribution in [0.1, 0.15) is 47.8 Å². The first-order valence-corrected chi connectivity index (χ1v) is 10.1. The maximum Gasteiger partial charge on any atom is 0.270 e. The lowest BCUT2D eigenvalue weighted by Crippen LogP contribution is -2.25. The maximum atomic E-state index is 13.5. The minimum absolute atomic E-state index is 0.0129. The van der Waals surface area contributed by atoms with Gasteiger partial charge in [-0.25, -0.2) is 0 Å². The Morgan fingerprint density at radius 2 is 1.68 bits per heavy atom. The molecule has 0 amide bonds. The number of non-ortho nitro benzene ring substituents is 1. The second-order valence-electron chi connectivity index (χ2n) is 6.74. The Bertz CT molecular complexity index is 1340. The minimum atomic E-state index is -0.713. The molecule has 4 rings (SSSR count). The van der Waals surface area contributed by atoms with Crippen LogP contribution in [-0.4, -0.2) is 29.3 Å². The number of nitro groups is 1. The van der Waals surface area contributed by atoms with Gasteiger partial charge in [-0.1, -0.05) is 35.9 Å². The number of ketones is 3. The predicted octanol–water partition coefficient (Wildman–Crippen LogP) is 5.06. The Hall–Kier alpha value is -3.36. The monoisotopic (exact) mass is 498 g/mol. The highest BCUT2D eigenvalue weighted by Gasteiger charge is 2.36. The summed E-state index contributed by atoms with van der Waals surface area (Å²) < 4.78 is 0.252. The van der Waals surface area contributed by atoms with Crippen molar-refractivity contribution in [3.63, 3.8) is 0 Å². The Morgan fingerprint density at radius 1 is 1.03 bits per heavy atom. The van der Waals surface area contributed by atoms with Crippen LogP contribution in [0.15, 0.2) is 53.0 Å². The molecule has 154 valence electrons. The molecule has 1 aliphatic rings. The van der Waals surface area contributed by atoms with Crippen molar-refractivity contribution in [2.45, 2.75) is 0 Å². The number of anilines is 1. The molecule has 0 saturated carbocycles. The number of nitrogens with zero attached hydrogens (tertiary/aromatic N) is 1. The van der Waals surface area contributed by atoms with E-state index in [1.807, 2.05) is 0 Å². The summed E-state index contributed by atoms with van der Waals surface area (Å²) in [6.45, 7) is 0. The lowest BCUT2D eigenvalue weighted by molar-refractivity contribution is -0.384. The average molecular weight is 500 g/mol. The summed E-state index contributed by atoms with van der Waals surface area (Å²) in [5, 5.41) is 14.1. The van der Waals surface area contributed by atoms with Gasteiger partial charge in [-0.15, -0.1) is 0 Å². The Morgan fingerprint density at radius 3 is 2.29 bits per heavy atom. The van der Waals surface area contributed by atoms with E-state index < -0.39 is 22.3 Å². The number of hydrogen-bond donors (Lipinski definition) is 1. The number of halogens is 2. The van der Waals surface area contributed by atoms with Gasteiger partial charge in [0.1, 0.15) is 0 Å². The first kappa shape index (κ1) is 20.9. The normalized spacial score (nSPS) is 12.2. The highest BCUT2D eigenvalue weighted by atomic mass is 79.9. The van der Waals surface area contributed by atoms with Gasteiger partial charge in [-0.2, -0.15) is 0 Å². The standard InChI is InChI=1S/C22H12BrClN2O5/c1-25-16-9-14-17(21(28)12-5-3-2-4-11(12)20(14)27)18(19(16)23)22(29)13-8-10(26(30)31)6-7-15(13)24/h2-9,25H,1H3. The van der Waals surface area contributed by atoms with E-state index in [0.29, 0.717) is 5.69 Å². The van der Waals surface area contributed by atoms with Crippen LogP contribution in [-0.2, 0) is 0 Å². The summed E-state index contributed by atoms with van der Waals surface area (Å²) in [4.78, 5) is 50.5. The van der Waals surface area contributed by atoms with Crippen molar-refractivity contribution < 1.29 is 19.3 Å². The van der Waals surface area contributed by atoms with Crippen molar-refractivity contribution in [1.82, 2.24) is 0 Å². The van der Waals surface area contributed by atoms with Crippen LogP contribution < -0.4 is 5.32 Å². The molecule has 1 aliphatic carbocycles. The van der Waals surface area contributed by atoms with Gasteiger partial charge in [0.25, 0.3) is 5.69 Å². The average Bonchev–Trinajstić information content (AvgIpc) is 2.76. The van der Waals surface area contributed by atoms with Crippen molar-refractivity contribution in [1.29, 1.82) is 0 Å². The first-order chi connectivity index (χ1) is 14.8. The van der Waals surface area contributed by atoms with Crippen LogP contribution in [0.2, 0.25) is 5.02 Å². The second kappa shape index (κ2) is 7.72. The van der Waals surface area contributed by atoms with Crippen LogP contribution in [0, 0.1) is 10.1 Å². The SMILES string of the molecule is CNc1cc2c(c(C(=O)c3cc([N+](=O)[O-])ccc3Cl)c1Br)C(=O)c1ccccc1C2=O. The number of rotatable bonds is 4. The molecular formula is C22H12BrClN2O5. The minimum Gasteiger partial charge on any atom is -0.387 e. The zero-order chi connectivity index (χ0) is 22.4. The fourth-order valence-electron chi connectivity index (χ4n) is 3.56. The van der Waals surface area contributed by atoms with Crippen LogP contribution in [0.5, 0.6) is 0 Å². The number of carbonyl (C=O) groups is 3. The zero-order valence-corrected chi connectivity index (χ0v) is 18.2. The fraction of sp³-hybridized carbons (Fsp3) is 0.0455. The van der Waals surface area contributed by atoms with Crippen molar-refractivity contribution >= 4 is 56.3 Å². The molecule has 7 nitrogen and oxygen atoms in total. The van der Waals surface area contributed by atoms with Crippen molar-refractivity contribution in [3.05, 3.63) is 102 Å². The van der Waals surface area contributed by atoms with Crippen LogP contribution in [0.4, 0.5) is 11.4 Å². The molecule has 9 heteroatoms. The van der Waals surface area contributed by atoms with E-state index in [9.17, 15) is 24.5 Å². The highest BCUT2D eigenvalue weighted by Crippen LogP contribution is 2.39. The number of nitrogens with one attached hydrogen (secondary N) is 1. The first-order valence-electron chi connectivity index (χ1n) is 8.97. The quantitative estimate of drug-likeness (QED) is 0.239. The number of nitro benzene ring substituents is 1. The molecule has 1 N–H and O–H groups in total. The van der Waals surface area contributed by atoms with Crippen molar-refractivity contribution in [3.8, 4) is 0 Å². The summed E-state index contributed by atoms with van der Waals surface area (Å²) in [7, 11) is 1.60.